The van der Waals surface area contributed by atoms with Crippen LogP contribution in [-0.2, 0) is 0 Å². The summed E-state index contributed by atoms with van der Waals surface area (Å²) in [7, 11) is 0. The molecule has 0 bridgehead atoms. The molecule has 0 spiro atoms. The van der Waals surface area contributed by atoms with E-state index in [1.807, 2.05) is 41.1 Å². The maximum Gasteiger partial charge on any atom is 0.263 e. The molecule has 7 heteroatoms. The van der Waals surface area contributed by atoms with E-state index >= 15 is 0 Å². The number of hydrogen-bond donors (Lipinski definition) is 0. The Morgan fingerprint density at radius 1 is 1.20 bits per heavy atom. The molecule has 0 radical (unpaired) electrons. The molecule has 0 N–H and O–H groups in total. The van der Waals surface area contributed by atoms with Crippen LogP contribution in [0.15, 0.2) is 62.1 Å². The Morgan fingerprint density at radius 3 is 3.00 bits per heavy atom. The minimum atomic E-state index is 0.557. The molecule has 3 heterocycles. The molecule has 20 heavy (non-hydrogen) atoms. The lowest BCUT2D eigenvalue weighted by atomic mass is 10.3. The van der Waals surface area contributed by atoms with E-state index in [2.05, 4.69) is 30.9 Å². The molecule has 4 aromatic rings. The third-order valence-corrected chi connectivity index (χ3v) is 3.97. The maximum atomic E-state index is 5.70. The Morgan fingerprint density at radius 2 is 2.10 bits per heavy atom. The summed E-state index contributed by atoms with van der Waals surface area (Å²) in [4.78, 5) is 13.2. The first-order valence-electron chi connectivity index (χ1n) is 5.82. The van der Waals surface area contributed by atoms with Crippen LogP contribution in [0.5, 0.6) is 0 Å². The molecule has 0 saturated heterocycles. The van der Waals surface area contributed by atoms with E-state index in [1.54, 1.807) is 6.20 Å². The highest BCUT2D eigenvalue weighted by molar-refractivity contribution is 9.10. The second-order valence-electron chi connectivity index (χ2n) is 4.08. The molecule has 1 aromatic carbocycles. The number of imidazole rings is 1. The highest BCUT2D eigenvalue weighted by Crippen LogP contribution is 2.31. The fourth-order valence-corrected chi connectivity index (χ4v) is 3.27. The number of halogens is 1. The largest absolute Gasteiger partial charge is 0.431 e. The van der Waals surface area contributed by atoms with Gasteiger partial charge in [0.25, 0.3) is 5.22 Å². The van der Waals surface area contributed by atoms with Crippen molar-refractivity contribution in [2.45, 2.75) is 10.2 Å². The quantitative estimate of drug-likeness (QED) is 0.552. The van der Waals surface area contributed by atoms with Gasteiger partial charge in [-0.15, -0.1) is 0 Å². The predicted octanol–water partition coefficient (Wildman–Crippen LogP) is 3.78. The third-order valence-electron chi connectivity index (χ3n) is 2.77. The van der Waals surface area contributed by atoms with Crippen LogP contribution < -0.4 is 0 Å². The zero-order chi connectivity index (χ0) is 13.5. The van der Waals surface area contributed by atoms with Crippen molar-refractivity contribution in [2.24, 2.45) is 0 Å². The molecular weight excluding hydrogens is 340 g/mol. The number of aromatic nitrogens is 4. The fourth-order valence-electron chi connectivity index (χ4n) is 1.92. The van der Waals surface area contributed by atoms with Crippen molar-refractivity contribution in [2.75, 3.05) is 0 Å². The molecule has 3 aromatic heterocycles. The van der Waals surface area contributed by atoms with Gasteiger partial charge in [-0.3, -0.25) is 0 Å². The maximum absolute atomic E-state index is 5.70. The molecule has 0 fully saturated rings. The Bertz CT molecular complexity index is 884. The van der Waals surface area contributed by atoms with Crippen molar-refractivity contribution in [1.29, 1.82) is 0 Å². The smallest absolute Gasteiger partial charge is 0.263 e. The van der Waals surface area contributed by atoms with E-state index in [0.29, 0.717) is 5.22 Å². The molecule has 0 saturated carbocycles. The van der Waals surface area contributed by atoms with Crippen LogP contribution >= 0.6 is 27.7 Å². The van der Waals surface area contributed by atoms with Gasteiger partial charge < -0.3 is 8.82 Å². The second-order valence-corrected chi connectivity index (χ2v) is 5.83. The summed E-state index contributed by atoms with van der Waals surface area (Å²) < 4.78 is 8.34. The average Bonchev–Trinajstić information content (AvgIpc) is 3.03. The van der Waals surface area contributed by atoms with Gasteiger partial charge in [0.1, 0.15) is 15.1 Å². The number of hydrogen-bond acceptors (Lipinski definition) is 5. The zero-order valence-electron chi connectivity index (χ0n) is 10.0. The van der Waals surface area contributed by atoms with Gasteiger partial charge in [0.2, 0.25) is 0 Å². The molecule has 98 valence electrons. The lowest BCUT2D eigenvalue weighted by molar-refractivity contribution is 0.489. The van der Waals surface area contributed by atoms with Crippen LogP contribution in [0.2, 0.25) is 0 Å². The van der Waals surface area contributed by atoms with Crippen molar-refractivity contribution >= 4 is 44.4 Å². The first-order valence-corrected chi connectivity index (χ1v) is 7.43. The van der Waals surface area contributed by atoms with E-state index in [9.17, 15) is 0 Å². The van der Waals surface area contributed by atoms with Crippen LogP contribution in [-0.4, -0.2) is 19.4 Å². The van der Waals surface area contributed by atoms with Crippen molar-refractivity contribution in [3.05, 3.63) is 47.5 Å². The fraction of sp³-hybridized carbons (Fsp3) is 0. The van der Waals surface area contributed by atoms with Gasteiger partial charge in [-0.25, -0.2) is 15.0 Å². The van der Waals surface area contributed by atoms with Crippen molar-refractivity contribution in [3.63, 3.8) is 0 Å². The number of nitrogens with zero attached hydrogens (tertiary/aromatic N) is 4. The standard InChI is InChI=1S/C13H7BrN4OS/c14-10-7-18-6-5-15-11(18)12(17-10)20-13-16-8-3-1-2-4-9(8)19-13/h1-7H. The second kappa shape index (κ2) is 4.60. The highest BCUT2D eigenvalue weighted by Gasteiger charge is 2.13. The van der Waals surface area contributed by atoms with E-state index in [-0.39, 0.29) is 0 Å². The lowest BCUT2D eigenvalue weighted by Gasteiger charge is -2.00. The molecule has 5 nitrogen and oxygen atoms in total. The molecule has 0 aliphatic rings. The van der Waals surface area contributed by atoms with Crippen LogP contribution in [0.3, 0.4) is 0 Å². The molecular formula is C13H7BrN4OS. The Labute approximate surface area is 126 Å². The summed E-state index contributed by atoms with van der Waals surface area (Å²) in [5.41, 5.74) is 2.38. The summed E-state index contributed by atoms with van der Waals surface area (Å²) in [6, 6.07) is 7.67. The Kier molecular flexibility index (Phi) is 2.75. The van der Waals surface area contributed by atoms with Gasteiger partial charge in [0, 0.05) is 18.6 Å². The van der Waals surface area contributed by atoms with Crippen LogP contribution in [0.1, 0.15) is 0 Å². The Hall–Kier alpha value is -1.86. The van der Waals surface area contributed by atoms with Crippen molar-refractivity contribution < 1.29 is 4.42 Å². The molecule has 0 aliphatic heterocycles. The minimum absolute atomic E-state index is 0.557. The number of para-hydroxylation sites is 2. The van der Waals surface area contributed by atoms with Gasteiger partial charge in [-0.05, 0) is 39.8 Å². The topological polar surface area (TPSA) is 56.2 Å². The zero-order valence-corrected chi connectivity index (χ0v) is 12.4. The monoisotopic (exact) mass is 346 g/mol. The van der Waals surface area contributed by atoms with Gasteiger partial charge >= 0.3 is 0 Å². The van der Waals surface area contributed by atoms with E-state index in [4.69, 9.17) is 4.42 Å². The normalized spacial score (nSPS) is 11.4. The summed E-state index contributed by atoms with van der Waals surface area (Å²) >= 11 is 4.75. The molecule has 0 unspecified atom stereocenters. The average molecular weight is 347 g/mol. The molecule has 0 aliphatic carbocycles. The Balaban J connectivity index is 1.81. The van der Waals surface area contributed by atoms with Gasteiger partial charge in [-0.2, -0.15) is 0 Å². The van der Waals surface area contributed by atoms with Crippen LogP contribution in [0, 0.1) is 0 Å². The first kappa shape index (κ1) is 11.9. The van der Waals surface area contributed by atoms with Crippen molar-refractivity contribution in [3.8, 4) is 0 Å². The summed E-state index contributed by atoms with van der Waals surface area (Å²) in [5.74, 6) is 0. The van der Waals surface area contributed by atoms with E-state index in [1.165, 1.54) is 11.8 Å². The number of oxazole rings is 1. The number of rotatable bonds is 2. The molecule has 4 rings (SSSR count). The summed E-state index contributed by atoms with van der Waals surface area (Å²) in [5, 5.41) is 1.30. The van der Waals surface area contributed by atoms with Crippen LogP contribution in [0.25, 0.3) is 16.7 Å². The number of benzene rings is 1. The SMILES string of the molecule is Brc1cn2ccnc2c(Sc2nc3ccccc3o2)n1. The van der Waals surface area contributed by atoms with Gasteiger partial charge in [0.15, 0.2) is 11.2 Å². The van der Waals surface area contributed by atoms with E-state index < -0.39 is 0 Å². The third kappa shape index (κ3) is 1.99. The number of fused-ring (bicyclic) bond motifs is 2. The summed E-state index contributed by atoms with van der Waals surface area (Å²) in [6.07, 6.45) is 5.47. The lowest BCUT2D eigenvalue weighted by Crippen LogP contribution is -1.91. The molecule has 0 atom stereocenters. The van der Waals surface area contributed by atoms with Crippen molar-refractivity contribution in [1.82, 2.24) is 19.4 Å². The van der Waals surface area contributed by atoms with E-state index in [0.717, 1.165) is 26.4 Å². The summed E-state index contributed by atoms with van der Waals surface area (Å²) in [6.45, 7) is 0. The molecule has 0 amide bonds. The first-order chi connectivity index (χ1) is 9.79. The minimum Gasteiger partial charge on any atom is -0.431 e. The highest BCUT2D eigenvalue weighted by atomic mass is 79.9. The van der Waals surface area contributed by atoms with Crippen LogP contribution in [0.4, 0.5) is 0 Å². The predicted molar refractivity (Wildman–Crippen MR) is 78.8 cm³/mol. The van der Waals surface area contributed by atoms with Gasteiger partial charge in [-0.1, -0.05) is 12.1 Å². The van der Waals surface area contributed by atoms with Gasteiger partial charge in [0.05, 0.1) is 0 Å².